The van der Waals surface area contributed by atoms with Crippen molar-refractivity contribution in [3.63, 3.8) is 0 Å². The largest absolute Gasteiger partial charge is 0.371 e. The van der Waals surface area contributed by atoms with Crippen molar-refractivity contribution < 1.29 is 4.79 Å². The quantitative estimate of drug-likeness (QED) is 0.494. The molecule has 1 amide bonds. The van der Waals surface area contributed by atoms with Crippen molar-refractivity contribution in [1.82, 2.24) is 10.3 Å². The highest BCUT2D eigenvalue weighted by molar-refractivity contribution is 6.42. The number of fused-ring (bicyclic) bond motifs is 1. The molecule has 0 radical (unpaired) electrons. The number of carbonyl (C=O) groups excluding carboxylic acids is 1. The molecule has 0 bridgehead atoms. The monoisotopic (exact) mass is 467 g/mol. The molecular formula is C21H17Cl4N3O. The summed E-state index contributed by atoms with van der Waals surface area (Å²) in [5.41, 5.74) is 2.26. The number of hydrogen-bond acceptors (Lipinski definition) is 3. The number of aromatic nitrogens is 1. The Bertz CT molecular complexity index is 1060. The molecular weight excluding hydrogens is 452 g/mol. The van der Waals surface area contributed by atoms with Gasteiger partial charge in [-0.25, -0.2) is 0 Å². The lowest BCUT2D eigenvalue weighted by atomic mass is 10.0. The van der Waals surface area contributed by atoms with Crippen LogP contribution in [0.15, 0.2) is 42.6 Å². The summed E-state index contributed by atoms with van der Waals surface area (Å²) >= 11 is 24.3. The van der Waals surface area contributed by atoms with Crippen LogP contribution in [0.2, 0.25) is 20.1 Å². The molecule has 2 aromatic carbocycles. The smallest absolute Gasteiger partial charge is 0.254 e. The maximum absolute atomic E-state index is 12.7. The summed E-state index contributed by atoms with van der Waals surface area (Å²) in [7, 11) is 0. The Labute approximate surface area is 188 Å². The van der Waals surface area contributed by atoms with Crippen molar-refractivity contribution in [3.8, 4) is 0 Å². The van der Waals surface area contributed by atoms with Crippen molar-refractivity contribution in [3.05, 3.63) is 68.2 Å². The molecule has 0 unspecified atom stereocenters. The lowest BCUT2D eigenvalue weighted by Gasteiger charge is -2.34. The Balaban J connectivity index is 1.45. The summed E-state index contributed by atoms with van der Waals surface area (Å²) in [6, 6.07) is 10.8. The summed E-state index contributed by atoms with van der Waals surface area (Å²) in [4.78, 5) is 19.4. The van der Waals surface area contributed by atoms with Crippen LogP contribution >= 0.6 is 46.4 Å². The lowest BCUT2D eigenvalue weighted by Crippen LogP contribution is -2.44. The minimum absolute atomic E-state index is 0.0455. The number of piperidine rings is 1. The van der Waals surface area contributed by atoms with E-state index in [1.165, 1.54) is 12.1 Å². The van der Waals surface area contributed by atoms with Gasteiger partial charge in [0.15, 0.2) is 0 Å². The number of halogens is 4. The maximum atomic E-state index is 12.7. The molecule has 1 aliphatic rings. The van der Waals surface area contributed by atoms with E-state index in [2.05, 4.69) is 15.2 Å². The highest BCUT2D eigenvalue weighted by atomic mass is 35.5. The molecule has 1 aliphatic heterocycles. The first-order valence-corrected chi connectivity index (χ1v) is 10.7. The summed E-state index contributed by atoms with van der Waals surface area (Å²) in [6.45, 7) is 1.63. The van der Waals surface area contributed by atoms with Gasteiger partial charge in [0.25, 0.3) is 5.91 Å². The minimum atomic E-state index is -0.279. The maximum Gasteiger partial charge on any atom is 0.254 e. The number of nitrogens with one attached hydrogen (secondary N) is 1. The van der Waals surface area contributed by atoms with E-state index in [9.17, 15) is 4.79 Å². The number of pyridine rings is 1. The highest BCUT2D eigenvalue weighted by Crippen LogP contribution is 2.31. The summed E-state index contributed by atoms with van der Waals surface area (Å²) < 4.78 is 0. The molecule has 0 aliphatic carbocycles. The Morgan fingerprint density at radius 3 is 2.34 bits per heavy atom. The highest BCUT2D eigenvalue weighted by Gasteiger charge is 2.24. The Morgan fingerprint density at radius 2 is 1.66 bits per heavy atom. The molecule has 150 valence electrons. The fourth-order valence-corrected chi connectivity index (χ4v) is 4.82. The van der Waals surface area contributed by atoms with Crippen LogP contribution < -0.4 is 10.2 Å². The molecule has 0 atom stereocenters. The predicted octanol–water partition coefficient (Wildman–Crippen LogP) is 6.25. The topological polar surface area (TPSA) is 45.2 Å². The first-order valence-electron chi connectivity index (χ1n) is 9.17. The van der Waals surface area contributed by atoms with Crippen molar-refractivity contribution in [2.45, 2.75) is 18.9 Å². The molecule has 29 heavy (non-hydrogen) atoms. The second kappa shape index (κ2) is 8.57. The van der Waals surface area contributed by atoms with E-state index in [0.717, 1.165) is 42.5 Å². The van der Waals surface area contributed by atoms with Gasteiger partial charge in [0.1, 0.15) is 0 Å². The zero-order valence-electron chi connectivity index (χ0n) is 15.3. The number of hydrogen-bond donors (Lipinski definition) is 1. The molecule has 1 N–H and O–H groups in total. The van der Waals surface area contributed by atoms with Crippen LogP contribution in [0.3, 0.4) is 0 Å². The molecule has 3 aromatic rings. The zero-order chi connectivity index (χ0) is 20.5. The van der Waals surface area contributed by atoms with Crippen LogP contribution in [0, 0.1) is 0 Å². The number of benzene rings is 2. The molecule has 1 fully saturated rings. The van der Waals surface area contributed by atoms with E-state index in [0.29, 0.717) is 10.0 Å². The van der Waals surface area contributed by atoms with Gasteiger partial charge < -0.3 is 10.2 Å². The van der Waals surface area contributed by atoms with Gasteiger partial charge in [0.2, 0.25) is 0 Å². The molecule has 2 heterocycles. The normalized spacial score (nSPS) is 15.0. The molecule has 1 saturated heterocycles. The zero-order valence-corrected chi connectivity index (χ0v) is 18.3. The number of rotatable bonds is 3. The van der Waals surface area contributed by atoms with Gasteiger partial charge in [-0.05, 0) is 49.2 Å². The fourth-order valence-electron chi connectivity index (χ4n) is 3.66. The third kappa shape index (κ3) is 4.41. The van der Waals surface area contributed by atoms with Crippen molar-refractivity contribution >= 4 is 68.9 Å². The van der Waals surface area contributed by atoms with Crippen LogP contribution in [0.25, 0.3) is 10.9 Å². The first kappa shape index (κ1) is 20.5. The van der Waals surface area contributed by atoms with Gasteiger partial charge in [-0.15, -0.1) is 0 Å². The number of amides is 1. The summed E-state index contributed by atoms with van der Waals surface area (Å²) in [5, 5.41) is 5.68. The second-order valence-electron chi connectivity index (χ2n) is 6.97. The Hall–Kier alpha value is -1.72. The van der Waals surface area contributed by atoms with E-state index in [1.807, 2.05) is 24.3 Å². The van der Waals surface area contributed by atoms with Crippen LogP contribution in [0.1, 0.15) is 23.2 Å². The Morgan fingerprint density at radius 1 is 0.966 bits per heavy atom. The van der Waals surface area contributed by atoms with Crippen LogP contribution in [-0.4, -0.2) is 30.0 Å². The fraction of sp³-hybridized carbons (Fsp3) is 0.238. The second-order valence-corrected chi connectivity index (χ2v) is 8.66. The van der Waals surface area contributed by atoms with Crippen molar-refractivity contribution in [2.24, 2.45) is 0 Å². The van der Waals surface area contributed by atoms with Gasteiger partial charge in [-0.3, -0.25) is 9.78 Å². The van der Waals surface area contributed by atoms with E-state index in [1.54, 1.807) is 6.20 Å². The van der Waals surface area contributed by atoms with Gasteiger partial charge >= 0.3 is 0 Å². The van der Waals surface area contributed by atoms with Crippen LogP contribution in [0.5, 0.6) is 0 Å². The average molecular weight is 469 g/mol. The van der Waals surface area contributed by atoms with Gasteiger partial charge in [0.05, 0.1) is 21.1 Å². The number of anilines is 1. The van der Waals surface area contributed by atoms with Gasteiger partial charge in [0, 0.05) is 46.4 Å². The van der Waals surface area contributed by atoms with Crippen LogP contribution in [0.4, 0.5) is 5.69 Å². The standard InChI is InChI=1S/C21H17Cl4N3O/c22-12-1-2-15-18(11-12)26-6-3-19(15)28-7-4-14(5-8-28)27-21(29)20-16(24)9-13(23)10-17(20)25/h1-3,6,9-11,14H,4-5,7-8H2,(H,27,29). The van der Waals surface area contributed by atoms with Gasteiger partial charge in [-0.1, -0.05) is 46.4 Å². The average Bonchev–Trinajstić information content (AvgIpc) is 2.67. The van der Waals surface area contributed by atoms with E-state index >= 15 is 0 Å². The molecule has 0 spiro atoms. The molecule has 4 rings (SSSR count). The van der Waals surface area contributed by atoms with Gasteiger partial charge in [-0.2, -0.15) is 0 Å². The molecule has 0 saturated carbocycles. The first-order chi connectivity index (χ1) is 13.9. The Kier molecular flexibility index (Phi) is 6.07. The third-order valence-electron chi connectivity index (χ3n) is 5.09. The van der Waals surface area contributed by atoms with Crippen molar-refractivity contribution in [2.75, 3.05) is 18.0 Å². The third-order valence-corrected chi connectivity index (χ3v) is 6.14. The van der Waals surface area contributed by atoms with E-state index in [-0.39, 0.29) is 27.6 Å². The molecule has 4 nitrogen and oxygen atoms in total. The number of nitrogens with zero attached hydrogens (tertiary/aromatic N) is 2. The predicted molar refractivity (Wildman–Crippen MR) is 121 cm³/mol. The summed E-state index contributed by atoms with van der Waals surface area (Å²) in [5.74, 6) is -0.279. The minimum Gasteiger partial charge on any atom is -0.371 e. The van der Waals surface area contributed by atoms with Crippen molar-refractivity contribution in [1.29, 1.82) is 0 Å². The summed E-state index contributed by atoms with van der Waals surface area (Å²) in [6.07, 6.45) is 3.42. The molecule has 1 aromatic heterocycles. The number of carbonyl (C=O) groups is 1. The van der Waals surface area contributed by atoms with E-state index in [4.69, 9.17) is 46.4 Å². The lowest BCUT2D eigenvalue weighted by molar-refractivity contribution is 0.0931. The van der Waals surface area contributed by atoms with E-state index < -0.39 is 0 Å². The molecule has 8 heteroatoms. The SMILES string of the molecule is O=C(NC1CCN(c2ccnc3cc(Cl)ccc23)CC1)c1c(Cl)cc(Cl)cc1Cl. The van der Waals surface area contributed by atoms with Crippen LogP contribution in [-0.2, 0) is 0 Å².